The number of aromatic nitrogens is 2. The molecule has 4 rings (SSSR count). The highest BCUT2D eigenvalue weighted by Gasteiger charge is 2.30. The van der Waals surface area contributed by atoms with Gasteiger partial charge in [0.05, 0.1) is 35.7 Å². The van der Waals surface area contributed by atoms with Crippen molar-refractivity contribution in [1.82, 2.24) is 14.5 Å². The van der Waals surface area contributed by atoms with Crippen LogP contribution in [0.1, 0.15) is 40.6 Å². The minimum atomic E-state index is -0.184. The number of carbonyl (C=O) groups is 2. The molecule has 0 saturated carbocycles. The topological polar surface area (TPSA) is 81.5 Å². The maximum atomic E-state index is 13.2. The molecule has 31 heavy (non-hydrogen) atoms. The van der Waals surface area contributed by atoms with Crippen molar-refractivity contribution in [2.45, 2.75) is 33.2 Å². The van der Waals surface area contributed by atoms with Crippen LogP contribution in [0, 0.1) is 12.8 Å². The molecule has 1 aliphatic rings. The molecule has 162 valence electrons. The predicted molar refractivity (Wildman–Crippen MR) is 119 cm³/mol. The number of aryl methyl sites for hydroxylation is 1. The number of nitrogens with zero attached hydrogens (tertiary/aromatic N) is 3. The van der Waals surface area contributed by atoms with Crippen molar-refractivity contribution in [3.05, 3.63) is 63.0 Å². The fourth-order valence-electron chi connectivity index (χ4n) is 3.98. The zero-order chi connectivity index (χ0) is 22.0. The Kier molecular flexibility index (Phi) is 6.18. The number of ether oxygens (including phenoxy) is 1. The van der Waals surface area contributed by atoms with E-state index in [-0.39, 0.29) is 23.4 Å². The van der Waals surface area contributed by atoms with E-state index in [0.29, 0.717) is 59.7 Å². The first-order valence-electron chi connectivity index (χ1n) is 10.5. The molecule has 0 unspecified atom stereocenters. The lowest BCUT2D eigenvalue weighted by Crippen LogP contribution is -2.40. The van der Waals surface area contributed by atoms with E-state index in [1.807, 2.05) is 37.3 Å². The van der Waals surface area contributed by atoms with Crippen molar-refractivity contribution in [3.63, 3.8) is 0 Å². The van der Waals surface area contributed by atoms with Crippen LogP contribution in [0.3, 0.4) is 0 Å². The number of amides is 1. The molecule has 2 aromatic heterocycles. The fourth-order valence-corrected chi connectivity index (χ4v) is 5.09. The van der Waals surface area contributed by atoms with Crippen LogP contribution < -0.4 is 5.56 Å². The van der Waals surface area contributed by atoms with Crippen LogP contribution in [0.5, 0.6) is 0 Å². The summed E-state index contributed by atoms with van der Waals surface area (Å²) < 4.78 is 6.68. The third kappa shape index (κ3) is 4.25. The number of piperidine rings is 1. The van der Waals surface area contributed by atoms with E-state index in [1.165, 1.54) is 11.3 Å². The molecule has 0 atom stereocenters. The van der Waals surface area contributed by atoms with Gasteiger partial charge in [0.1, 0.15) is 4.83 Å². The van der Waals surface area contributed by atoms with Gasteiger partial charge < -0.3 is 9.64 Å². The summed E-state index contributed by atoms with van der Waals surface area (Å²) in [5.74, 6) is -0.438. The monoisotopic (exact) mass is 439 g/mol. The first-order chi connectivity index (χ1) is 15.0. The molecule has 0 bridgehead atoms. The molecule has 3 aromatic rings. The SMILES string of the molecule is CCOC(=O)C1CCN(C(=O)c2sc3ncn(Cc4ccccc4)c(=O)c3c2C)CC1. The predicted octanol–water partition coefficient (Wildman–Crippen LogP) is 3.23. The Labute approximate surface area is 184 Å². The molecule has 1 saturated heterocycles. The Balaban J connectivity index is 1.55. The van der Waals surface area contributed by atoms with Crippen LogP contribution in [0.15, 0.2) is 41.5 Å². The third-order valence-electron chi connectivity index (χ3n) is 5.71. The van der Waals surface area contributed by atoms with Crippen LogP contribution >= 0.6 is 11.3 Å². The van der Waals surface area contributed by atoms with Crippen molar-refractivity contribution in [2.75, 3.05) is 19.7 Å². The number of rotatable bonds is 5. The lowest BCUT2D eigenvalue weighted by molar-refractivity contribution is -0.149. The molecule has 0 radical (unpaired) electrons. The van der Waals surface area contributed by atoms with Crippen LogP contribution in [0.4, 0.5) is 0 Å². The minimum Gasteiger partial charge on any atom is -0.466 e. The zero-order valence-electron chi connectivity index (χ0n) is 17.7. The van der Waals surface area contributed by atoms with Crippen LogP contribution in [-0.2, 0) is 16.1 Å². The van der Waals surface area contributed by atoms with E-state index in [1.54, 1.807) is 22.7 Å². The maximum Gasteiger partial charge on any atom is 0.309 e. The van der Waals surface area contributed by atoms with Gasteiger partial charge in [0, 0.05) is 13.1 Å². The number of fused-ring (bicyclic) bond motifs is 1. The summed E-state index contributed by atoms with van der Waals surface area (Å²) in [4.78, 5) is 45.5. The minimum absolute atomic E-state index is 0.100. The summed E-state index contributed by atoms with van der Waals surface area (Å²) in [5, 5.41) is 0.508. The highest BCUT2D eigenvalue weighted by Crippen LogP contribution is 2.29. The Hall–Kier alpha value is -3.00. The van der Waals surface area contributed by atoms with Crippen LogP contribution in [0.2, 0.25) is 0 Å². The van der Waals surface area contributed by atoms with Crippen LogP contribution in [-0.4, -0.2) is 46.0 Å². The summed E-state index contributed by atoms with van der Waals surface area (Å²) in [6.45, 7) is 5.41. The molecule has 3 heterocycles. The van der Waals surface area contributed by atoms with Crippen molar-refractivity contribution in [3.8, 4) is 0 Å². The number of carbonyl (C=O) groups excluding carboxylic acids is 2. The Bertz CT molecular complexity index is 1160. The Morgan fingerprint density at radius 2 is 1.90 bits per heavy atom. The van der Waals surface area contributed by atoms with E-state index < -0.39 is 0 Å². The van der Waals surface area contributed by atoms with E-state index >= 15 is 0 Å². The number of likely N-dealkylation sites (tertiary alicyclic amines) is 1. The zero-order valence-corrected chi connectivity index (χ0v) is 18.5. The van der Waals surface area contributed by atoms with Crippen molar-refractivity contribution >= 4 is 33.4 Å². The second-order valence-corrected chi connectivity index (χ2v) is 8.72. The van der Waals surface area contributed by atoms with Gasteiger partial charge in [0.25, 0.3) is 11.5 Å². The molecule has 1 aliphatic heterocycles. The van der Waals surface area contributed by atoms with Gasteiger partial charge in [-0.25, -0.2) is 4.98 Å². The molecule has 1 aromatic carbocycles. The van der Waals surface area contributed by atoms with E-state index in [9.17, 15) is 14.4 Å². The smallest absolute Gasteiger partial charge is 0.309 e. The number of esters is 1. The molecule has 0 spiro atoms. The van der Waals surface area contributed by atoms with Gasteiger partial charge in [-0.3, -0.25) is 19.0 Å². The average molecular weight is 440 g/mol. The quantitative estimate of drug-likeness (QED) is 0.570. The average Bonchev–Trinajstić information content (AvgIpc) is 3.13. The number of hydrogen-bond donors (Lipinski definition) is 0. The van der Waals surface area contributed by atoms with E-state index in [2.05, 4.69) is 4.98 Å². The van der Waals surface area contributed by atoms with Crippen molar-refractivity contribution in [2.24, 2.45) is 5.92 Å². The molecule has 8 heteroatoms. The summed E-state index contributed by atoms with van der Waals surface area (Å²) in [5.41, 5.74) is 1.56. The Morgan fingerprint density at radius 3 is 2.58 bits per heavy atom. The summed E-state index contributed by atoms with van der Waals surface area (Å²) >= 11 is 1.26. The van der Waals surface area contributed by atoms with E-state index in [0.717, 1.165) is 5.56 Å². The van der Waals surface area contributed by atoms with Gasteiger partial charge in [-0.15, -0.1) is 11.3 Å². The highest BCUT2D eigenvalue weighted by atomic mass is 32.1. The summed E-state index contributed by atoms with van der Waals surface area (Å²) in [7, 11) is 0. The first kappa shape index (κ1) is 21.2. The lowest BCUT2D eigenvalue weighted by atomic mass is 9.97. The normalized spacial score (nSPS) is 14.7. The fraction of sp³-hybridized carbons (Fsp3) is 0.391. The maximum absolute atomic E-state index is 13.2. The summed E-state index contributed by atoms with van der Waals surface area (Å²) in [6, 6.07) is 9.73. The van der Waals surface area contributed by atoms with E-state index in [4.69, 9.17) is 4.74 Å². The van der Waals surface area contributed by atoms with Gasteiger partial charge in [0.15, 0.2) is 0 Å². The molecule has 1 amide bonds. The molecule has 0 N–H and O–H groups in total. The largest absolute Gasteiger partial charge is 0.466 e. The van der Waals surface area contributed by atoms with Gasteiger partial charge in [-0.1, -0.05) is 30.3 Å². The second-order valence-electron chi connectivity index (χ2n) is 7.72. The van der Waals surface area contributed by atoms with Gasteiger partial charge >= 0.3 is 5.97 Å². The summed E-state index contributed by atoms with van der Waals surface area (Å²) in [6.07, 6.45) is 2.74. The molecular weight excluding hydrogens is 414 g/mol. The van der Waals surface area contributed by atoms with Crippen LogP contribution in [0.25, 0.3) is 10.2 Å². The second kappa shape index (κ2) is 9.01. The molecular formula is C23H25N3O4S. The molecule has 1 fully saturated rings. The highest BCUT2D eigenvalue weighted by molar-refractivity contribution is 7.20. The Morgan fingerprint density at radius 1 is 1.19 bits per heavy atom. The number of benzene rings is 1. The molecule has 0 aliphatic carbocycles. The standard InChI is InChI=1S/C23H25N3O4S/c1-3-30-23(29)17-9-11-25(12-10-17)22(28)19-15(2)18-20(31-19)24-14-26(21(18)27)13-16-7-5-4-6-8-16/h4-8,14,17H,3,9-13H2,1-2H3. The number of hydrogen-bond acceptors (Lipinski definition) is 6. The number of thiophene rings is 1. The van der Waals surface area contributed by atoms with Crippen molar-refractivity contribution < 1.29 is 14.3 Å². The van der Waals surface area contributed by atoms with Crippen molar-refractivity contribution in [1.29, 1.82) is 0 Å². The third-order valence-corrected chi connectivity index (χ3v) is 6.90. The lowest BCUT2D eigenvalue weighted by Gasteiger charge is -2.30. The van der Waals surface area contributed by atoms with Gasteiger partial charge in [0.2, 0.25) is 0 Å². The molecule has 7 nitrogen and oxygen atoms in total. The van der Waals surface area contributed by atoms with Gasteiger partial charge in [-0.2, -0.15) is 0 Å². The van der Waals surface area contributed by atoms with Gasteiger partial charge in [-0.05, 0) is 37.8 Å². The first-order valence-corrected chi connectivity index (χ1v) is 11.3.